The Kier molecular flexibility index (Phi) is 3.81. The topological polar surface area (TPSA) is 24.9 Å². The number of halogens is 2. The van der Waals surface area contributed by atoms with Crippen LogP contribution in [-0.2, 0) is 0 Å². The lowest BCUT2D eigenvalue weighted by atomic mass is 10.1. The van der Waals surface area contributed by atoms with Crippen LogP contribution >= 0.6 is 34.5 Å². The van der Waals surface area contributed by atoms with Crippen LogP contribution in [0.4, 0.5) is 0 Å². The van der Waals surface area contributed by atoms with E-state index in [0.29, 0.717) is 16.1 Å². The number of aromatic nitrogens is 1. The summed E-state index contributed by atoms with van der Waals surface area (Å²) in [5.41, 5.74) is 2.18. The summed E-state index contributed by atoms with van der Waals surface area (Å²) >= 11 is 13.8. The predicted molar refractivity (Wildman–Crippen MR) is 81.3 cm³/mol. The van der Waals surface area contributed by atoms with Gasteiger partial charge in [-0.15, -0.1) is 11.3 Å². The van der Waals surface area contributed by atoms with Gasteiger partial charge in [0.15, 0.2) is 0 Å². The quantitative estimate of drug-likeness (QED) is 0.892. The van der Waals surface area contributed by atoms with Gasteiger partial charge in [0.25, 0.3) is 0 Å². The highest BCUT2D eigenvalue weighted by molar-refractivity contribution is 7.09. The molecule has 1 aliphatic rings. The number of benzene rings is 1. The molecule has 0 aliphatic heterocycles. The largest absolute Gasteiger partial charge is 0.301 e. The number of hydrogen-bond acceptors (Lipinski definition) is 3. The minimum Gasteiger partial charge on any atom is -0.301 e. The molecule has 1 heterocycles. The maximum Gasteiger partial charge on any atom is 0.114 e. The lowest BCUT2D eigenvalue weighted by Crippen LogP contribution is -2.24. The molecule has 1 aromatic heterocycles. The van der Waals surface area contributed by atoms with Crippen molar-refractivity contribution >= 4 is 34.5 Å². The first kappa shape index (κ1) is 13.4. The fourth-order valence-electron chi connectivity index (χ4n) is 1.99. The van der Waals surface area contributed by atoms with Gasteiger partial charge in [0.1, 0.15) is 5.01 Å². The fourth-order valence-corrected chi connectivity index (χ4v) is 3.18. The second kappa shape index (κ2) is 5.41. The number of aryl methyl sites for hydroxylation is 1. The van der Waals surface area contributed by atoms with Crippen molar-refractivity contribution in [1.29, 1.82) is 0 Å². The van der Waals surface area contributed by atoms with E-state index in [1.54, 1.807) is 11.3 Å². The molecule has 2 aromatic rings. The maximum atomic E-state index is 6.13. The predicted octanol–water partition coefficient (Wildman–Crippen LogP) is 4.60. The van der Waals surface area contributed by atoms with Gasteiger partial charge in [-0.1, -0.05) is 29.3 Å². The second-order valence-corrected chi connectivity index (χ2v) is 6.58. The van der Waals surface area contributed by atoms with Gasteiger partial charge in [-0.25, -0.2) is 4.98 Å². The lowest BCUT2D eigenvalue weighted by molar-refractivity contribution is 0.597. The van der Waals surface area contributed by atoms with Gasteiger partial charge in [-0.05, 0) is 37.5 Å². The molecule has 1 atom stereocenters. The van der Waals surface area contributed by atoms with Crippen molar-refractivity contribution in [3.63, 3.8) is 0 Å². The normalized spacial score (nSPS) is 16.6. The molecule has 1 saturated carbocycles. The summed E-state index contributed by atoms with van der Waals surface area (Å²) in [7, 11) is 0. The Bertz CT molecular complexity index is 593. The van der Waals surface area contributed by atoms with Crippen LogP contribution in [0.1, 0.15) is 35.1 Å². The van der Waals surface area contributed by atoms with E-state index >= 15 is 0 Å². The Morgan fingerprint density at radius 1 is 1.32 bits per heavy atom. The third-order valence-electron chi connectivity index (χ3n) is 3.14. The third-order valence-corrected chi connectivity index (χ3v) is 4.91. The Balaban J connectivity index is 1.95. The van der Waals surface area contributed by atoms with Gasteiger partial charge >= 0.3 is 0 Å². The first-order valence-electron chi connectivity index (χ1n) is 6.26. The Morgan fingerprint density at radius 3 is 2.68 bits per heavy atom. The molecule has 5 heteroatoms. The number of rotatable bonds is 4. The van der Waals surface area contributed by atoms with Crippen LogP contribution in [0.3, 0.4) is 0 Å². The molecule has 3 rings (SSSR count). The molecule has 100 valence electrons. The lowest BCUT2D eigenvalue weighted by Gasteiger charge is -2.17. The molecule has 0 amide bonds. The Morgan fingerprint density at radius 2 is 2.11 bits per heavy atom. The summed E-state index contributed by atoms with van der Waals surface area (Å²) in [6.45, 7) is 2.02. The third kappa shape index (κ3) is 3.11. The zero-order chi connectivity index (χ0) is 13.4. The van der Waals surface area contributed by atoms with Crippen LogP contribution in [0.5, 0.6) is 0 Å². The van der Waals surface area contributed by atoms with E-state index in [9.17, 15) is 0 Å². The van der Waals surface area contributed by atoms with E-state index in [2.05, 4.69) is 15.7 Å². The maximum absolute atomic E-state index is 6.13. The van der Waals surface area contributed by atoms with Crippen LogP contribution in [0.25, 0.3) is 0 Å². The van der Waals surface area contributed by atoms with Crippen LogP contribution in [0.2, 0.25) is 10.0 Å². The molecule has 19 heavy (non-hydrogen) atoms. The van der Waals surface area contributed by atoms with Crippen LogP contribution in [0.15, 0.2) is 23.6 Å². The van der Waals surface area contributed by atoms with Crippen molar-refractivity contribution in [2.24, 2.45) is 0 Å². The average molecular weight is 313 g/mol. The number of nitrogens with zero attached hydrogens (tertiary/aromatic N) is 1. The zero-order valence-electron chi connectivity index (χ0n) is 10.5. The fraction of sp³-hybridized carbons (Fsp3) is 0.357. The number of thiazole rings is 1. The highest BCUT2D eigenvalue weighted by Gasteiger charge is 2.28. The first-order valence-corrected chi connectivity index (χ1v) is 7.90. The molecule has 1 unspecified atom stereocenters. The molecule has 1 fully saturated rings. The molecular weight excluding hydrogens is 299 g/mol. The Labute approximate surface area is 126 Å². The molecule has 1 aliphatic carbocycles. The minimum atomic E-state index is 0.112. The van der Waals surface area contributed by atoms with E-state index in [4.69, 9.17) is 23.2 Å². The van der Waals surface area contributed by atoms with E-state index in [1.807, 2.05) is 25.1 Å². The zero-order valence-corrected chi connectivity index (χ0v) is 12.8. The molecular formula is C14H14Cl2N2S. The van der Waals surface area contributed by atoms with Gasteiger partial charge in [0.2, 0.25) is 0 Å². The molecule has 0 bridgehead atoms. The summed E-state index contributed by atoms with van der Waals surface area (Å²) in [6, 6.07) is 6.51. The van der Waals surface area contributed by atoms with Gasteiger partial charge in [-0.3, -0.25) is 0 Å². The van der Waals surface area contributed by atoms with Crippen molar-refractivity contribution in [2.75, 3.05) is 0 Å². The molecule has 1 N–H and O–H groups in total. The van der Waals surface area contributed by atoms with Crippen LogP contribution in [-0.4, -0.2) is 11.0 Å². The van der Waals surface area contributed by atoms with Gasteiger partial charge in [0.05, 0.1) is 16.1 Å². The van der Waals surface area contributed by atoms with Gasteiger partial charge < -0.3 is 5.32 Å². The number of hydrogen-bond donors (Lipinski definition) is 1. The molecule has 0 spiro atoms. The van der Waals surface area contributed by atoms with Crippen molar-refractivity contribution in [3.8, 4) is 0 Å². The summed E-state index contributed by atoms with van der Waals surface area (Å²) in [4.78, 5) is 4.60. The SMILES string of the molecule is Cc1csc(C(NC2CC2)c2ccc(Cl)c(Cl)c2)n1. The second-order valence-electron chi connectivity index (χ2n) is 4.87. The van der Waals surface area contributed by atoms with Crippen molar-refractivity contribution in [2.45, 2.75) is 31.8 Å². The molecule has 0 radical (unpaired) electrons. The van der Waals surface area contributed by atoms with Crippen LogP contribution < -0.4 is 5.32 Å². The first-order chi connectivity index (χ1) is 9.13. The van der Waals surface area contributed by atoms with Crippen LogP contribution in [0, 0.1) is 6.92 Å². The van der Waals surface area contributed by atoms with Crippen molar-refractivity contribution < 1.29 is 0 Å². The molecule has 1 aromatic carbocycles. The molecule has 2 nitrogen and oxygen atoms in total. The van der Waals surface area contributed by atoms with Gasteiger partial charge in [-0.2, -0.15) is 0 Å². The minimum absolute atomic E-state index is 0.112. The smallest absolute Gasteiger partial charge is 0.114 e. The van der Waals surface area contributed by atoms with E-state index < -0.39 is 0 Å². The Hall–Kier alpha value is -0.610. The highest BCUT2D eigenvalue weighted by atomic mass is 35.5. The van der Waals surface area contributed by atoms with E-state index in [1.165, 1.54) is 12.8 Å². The highest BCUT2D eigenvalue weighted by Crippen LogP contribution is 2.33. The monoisotopic (exact) mass is 312 g/mol. The summed E-state index contributed by atoms with van der Waals surface area (Å²) < 4.78 is 0. The van der Waals surface area contributed by atoms with E-state index in [0.717, 1.165) is 16.3 Å². The number of nitrogens with one attached hydrogen (secondary N) is 1. The van der Waals surface area contributed by atoms with Gasteiger partial charge in [0, 0.05) is 17.1 Å². The van der Waals surface area contributed by atoms with Crippen molar-refractivity contribution in [3.05, 3.63) is 49.9 Å². The van der Waals surface area contributed by atoms with E-state index in [-0.39, 0.29) is 6.04 Å². The summed E-state index contributed by atoms with van der Waals surface area (Å²) in [5, 5.41) is 7.97. The van der Waals surface area contributed by atoms with Crippen molar-refractivity contribution in [1.82, 2.24) is 10.3 Å². The molecule has 0 saturated heterocycles. The summed E-state index contributed by atoms with van der Waals surface area (Å²) in [6.07, 6.45) is 2.48. The summed E-state index contributed by atoms with van der Waals surface area (Å²) in [5.74, 6) is 0. The average Bonchev–Trinajstić information content (AvgIpc) is 3.11. The standard InChI is InChI=1S/C14H14Cl2N2S/c1-8-7-19-14(17-8)13(18-10-3-4-10)9-2-5-11(15)12(16)6-9/h2,5-7,10,13,18H,3-4H2,1H3.